The van der Waals surface area contributed by atoms with Gasteiger partial charge in [-0.2, -0.15) is 0 Å². The molecule has 2 unspecified atom stereocenters. The Balaban J connectivity index is 1.81. The van der Waals surface area contributed by atoms with E-state index in [0.717, 1.165) is 17.4 Å². The maximum Gasteiger partial charge on any atom is 0.244 e. The Morgan fingerprint density at radius 2 is 2.39 bits per heavy atom. The molecule has 1 aliphatic carbocycles. The number of ether oxygens (including phenoxy) is 1. The van der Waals surface area contributed by atoms with Gasteiger partial charge in [-0.25, -0.2) is 0 Å². The van der Waals surface area contributed by atoms with Crippen molar-refractivity contribution in [1.82, 2.24) is 5.32 Å². The van der Waals surface area contributed by atoms with Gasteiger partial charge in [-0.3, -0.25) is 4.79 Å². The third kappa shape index (κ3) is 3.47. The molecule has 4 heteroatoms. The van der Waals surface area contributed by atoms with E-state index in [9.17, 15) is 4.79 Å². The molecule has 1 N–H and O–H groups in total. The quantitative estimate of drug-likeness (QED) is 0.621. The van der Waals surface area contributed by atoms with Gasteiger partial charge in [-0.05, 0) is 30.5 Å². The van der Waals surface area contributed by atoms with E-state index in [1.165, 1.54) is 12.5 Å². The number of rotatable bonds is 6. The molecule has 1 aromatic heterocycles. The Morgan fingerprint density at radius 3 is 3.06 bits per heavy atom. The van der Waals surface area contributed by atoms with Crippen molar-refractivity contribution in [2.75, 3.05) is 20.3 Å². The fourth-order valence-corrected chi connectivity index (χ4v) is 1.87. The van der Waals surface area contributed by atoms with Crippen LogP contribution in [0.3, 0.4) is 0 Å². The van der Waals surface area contributed by atoms with Gasteiger partial charge in [0.2, 0.25) is 5.91 Å². The van der Waals surface area contributed by atoms with Crippen LogP contribution in [-0.4, -0.2) is 26.2 Å². The van der Waals surface area contributed by atoms with Crippen molar-refractivity contribution in [3.8, 4) is 0 Å². The Hall–Kier alpha value is -1.55. The lowest BCUT2D eigenvalue weighted by molar-refractivity contribution is -0.116. The molecule has 1 heterocycles. The van der Waals surface area contributed by atoms with Crippen LogP contribution in [0, 0.1) is 5.92 Å². The maximum atomic E-state index is 11.4. The van der Waals surface area contributed by atoms with E-state index in [4.69, 9.17) is 9.15 Å². The molecule has 18 heavy (non-hydrogen) atoms. The highest BCUT2D eigenvalue weighted by Gasteiger charge is 2.36. The minimum atomic E-state index is -0.134. The van der Waals surface area contributed by atoms with Crippen LogP contribution in [0.2, 0.25) is 0 Å². The fraction of sp³-hybridized carbons (Fsp3) is 0.500. The first-order valence-electron chi connectivity index (χ1n) is 6.25. The zero-order valence-corrected chi connectivity index (χ0v) is 10.8. The number of hydrogen-bond acceptors (Lipinski definition) is 3. The van der Waals surface area contributed by atoms with Crippen LogP contribution < -0.4 is 5.32 Å². The summed E-state index contributed by atoms with van der Waals surface area (Å²) in [6.45, 7) is 3.25. The lowest BCUT2D eigenvalue weighted by Crippen LogP contribution is -2.24. The SMILES string of the molecule is COCCNC(=O)C=Cc1ccc(C2CC2C)o1. The lowest BCUT2D eigenvalue weighted by Gasteiger charge is -1.99. The summed E-state index contributed by atoms with van der Waals surface area (Å²) in [4.78, 5) is 11.4. The van der Waals surface area contributed by atoms with Crippen molar-refractivity contribution in [3.05, 3.63) is 29.7 Å². The molecule has 0 radical (unpaired) electrons. The average Bonchev–Trinajstić information content (AvgIpc) is 2.91. The Morgan fingerprint density at radius 1 is 1.61 bits per heavy atom. The third-order valence-electron chi connectivity index (χ3n) is 3.13. The number of nitrogens with one attached hydrogen (secondary N) is 1. The molecule has 2 atom stereocenters. The molecule has 1 aromatic rings. The molecule has 1 fully saturated rings. The van der Waals surface area contributed by atoms with Gasteiger partial charge in [0.05, 0.1) is 6.61 Å². The van der Waals surface area contributed by atoms with E-state index in [0.29, 0.717) is 19.1 Å². The van der Waals surface area contributed by atoms with Crippen molar-refractivity contribution in [1.29, 1.82) is 0 Å². The van der Waals surface area contributed by atoms with Crippen LogP contribution in [0.4, 0.5) is 0 Å². The van der Waals surface area contributed by atoms with Gasteiger partial charge >= 0.3 is 0 Å². The van der Waals surface area contributed by atoms with E-state index in [1.54, 1.807) is 13.2 Å². The van der Waals surface area contributed by atoms with Crippen molar-refractivity contribution in [3.63, 3.8) is 0 Å². The normalized spacial score (nSPS) is 22.3. The molecule has 1 amide bonds. The van der Waals surface area contributed by atoms with Crippen LogP contribution >= 0.6 is 0 Å². The van der Waals surface area contributed by atoms with Gasteiger partial charge in [0.25, 0.3) is 0 Å². The van der Waals surface area contributed by atoms with Gasteiger partial charge < -0.3 is 14.5 Å². The van der Waals surface area contributed by atoms with Crippen LogP contribution in [0.1, 0.15) is 30.8 Å². The number of furan rings is 1. The Kier molecular flexibility index (Phi) is 4.20. The minimum Gasteiger partial charge on any atom is -0.461 e. The molecular formula is C14H19NO3. The molecule has 98 valence electrons. The summed E-state index contributed by atoms with van der Waals surface area (Å²) in [5.41, 5.74) is 0. The topological polar surface area (TPSA) is 51.5 Å². The monoisotopic (exact) mass is 249 g/mol. The van der Waals surface area contributed by atoms with Crippen LogP contribution in [0.5, 0.6) is 0 Å². The number of methoxy groups -OCH3 is 1. The third-order valence-corrected chi connectivity index (χ3v) is 3.13. The first kappa shape index (κ1) is 12.9. The first-order chi connectivity index (χ1) is 8.70. The predicted molar refractivity (Wildman–Crippen MR) is 69.1 cm³/mol. The summed E-state index contributed by atoms with van der Waals surface area (Å²) in [7, 11) is 1.60. The van der Waals surface area contributed by atoms with Crippen LogP contribution in [-0.2, 0) is 9.53 Å². The highest BCUT2D eigenvalue weighted by atomic mass is 16.5. The smallest absolute Gasteiger partial charge is 0.244 e. The van der Waals surface area contributed by atoms with E-state index >= 15 is 0 Å². The highest BCUT2D eigenvalue weighted by Crippen LogP contribution is 2.47. The Labute approximate surface area is 107 Å². The summed E-state index contributed by atoms with van der Waals surface area (Å²) < 4.78 is 10.5. The molecule has 0 bridgehead atoms. The van der Waals surface area contributed by atoms with Crippen molar-refractivity contribution < 1.29 is 13.9 Å². The largest absolute Gasteiger partial charge is 0.461 e. The highest BCUT2D eigenvalue weighted by molar-refractivity contribution is 5.91. The van der Waals surface area contributed by atoms with Crippen LogP contribution in [0.25, 0.3) is 6.08 Å². The van der Waals surface area contributed by atoms with Crippen molar-refractivity contribution >= 4 is 12.0 Å². The molecule has 0 saturated heterocycles. The predicted octanol–water partition coefficient (Wildman–Crippen LogP) is 2.18. The molecule has 1 aliphatic rings. The number of carbonyl (C=O) groups excluding carboxylic acids is 1. The lowest BCUT2D eigenvalue weighted by atomic mass is 10.3. The first-order valence-corrected chi connectivity index (χ1v) is 6.25. The van der Waals surface area contributed by atoms with Crippen molar-refractivity contribution in [2.45, 2.75) is 19.3 Å². The zero-order chi connectivity index (χ0) is 13.0. The number of hydrogen-bond donors (Lipinski definition) is 1. The van der Waals surface area contributed by atoms with E-state index in [2.05, 4.69) is 12.2 Å². The summed E-state index contributed by atoms with van der Waals surface area (Å²) in [5, 5.41) is 2.71. The van der Waals surface area contributed by atoms with Crippen molar-refractivity contribution in [2.24, 2.45) is 5.92 Å². The molecule has 0 spiro atoms. The van der Waals surface area contributed by atoms with Gasteiger partial charge in [-0.1, -0.05) is 6.92 Å². The molecule has 4 nitrogen and oxygen atoms in total. The molecule has 0 aromatic carbocycles. The van der Waals surface area contributed by atoms with E-state index < -0.39 is 0 Å². The van der Waals surface area contributed by atoms with Gasteiger partial charge in [-0.15, -0.1) is 0 Å². The molecule has 0 aliphatic heterocycles. The van der Waals surface area contributed by atoms with Gasteiger partial charge in [0.15, 0.2) is 0 Å². The second kappa shape index (κ2) is 5.87. The number of carbonyl (C=O) groups is 1. The van der Waals surface area contributed by atoms with E-state index in [-0.39, 0.29) is 5.91 Å². The fourth-order valence-electron chi connectivity index (χ4n) is 1.87. The molecular weight excluding hydrogens is 230 g/mol. The van der Waals surface area contributed by atoms with Crippen LogP contribution in [0.15, 0.2) is 22.6 Å². The Bertz CT molecular complexity index is 436. The van der Waals surface area contributed by atoms with Gasteiger partial charge in [0.1, 0.15) is 11.5 Å². The zero-order valence-electron chi connectivity index (χ0n) is 10.8. The number of amides is 1. The van der Waals surface area contributed by atoms with Gasteiger partial charge in [0, 0.05) is 25.6 Å². The van der Waals surface area contributed by atoms with E-state index in [1.807, 2.05) is 12.1 Å². The summed E-state index contributed by atoms with van der Waals surface area (Å²) in [6, 6.07) is 3.90. The second-order valence-electron chi connectivity index (χ2n) is 4.68. The molecule has 1 saturated carbocycles. The average molecular weight is 249 g/mol. The minimum absolute atomic E-state index is 0.134. The maximum absolute atomic E-state index is 11.4. The second-order valence-corrected chi connectivity index (χ2v) is 4.68. The summed E-state index contributed by atoms with van der Waals surface area (Å²) in [5.74, 6) is 2.92. The summed E-state index contributed by atoms with van der Waals surface area (Å²) >= 11 is 0. The standard InChI is InChI=1S/C14H19NO3/c1-10-9-12(10)13-5-3-11(18-13)4-6-14(16)15-7-8-17-2/h3-6,10,12H,7-9H2,1-2H3,(H,15,16). The summed E-state index contributed by atoms with van der Waals surface area (Å²) in [6.07, 6.45) is 4.38. The molecule has 2 rings (SSSR count).